The Morgan fingerprint density at radius 3 is 1.51 bits per heavy atom. The monoisotopic (exact) mass is 580 g/mol. The fourth-order valence-corrected chi connectivity index (χ4v) is 4.75. The lowest BCUT2D eigenvalue weighted by Crippen LogP contribution is -2.38. The second-order valence-electron chi connectivity index (χ2n) is 8.60. The van der Waals surface area contributed by atoms with Gasteiger partial charge in [-0.25, -0.2) is 19.1 Å². The summed E-state index contributed by atoms with van der Waals surface area (Å²) in [7, 11) is 0. The van der Waals surface area contributed by atoms with Crippen molar-refractivity contribution in [2.75, 3.05) is 0 Å². The van der Waals surface area contributed by atoms with Gasteiger partial charge in [0.15, 0.2) is 0 Å². The minimum atomic E-state index is -0.524. The van der Waals surface area contributed by atoms with E-state index in [2.05, 4.69) is 9.97 Å². The van der Waals surface area contributed by atoms with E-state index in [1.54, 1.807) is 33.9 Å². The molecule has 2 atom stereocenters. The molecular weight excluding hydrogens is 555 g/mol. The standard InChI is InChI=1S/C24H22Cl2N6O6.H2O/c25-19(23-27-7-9-29(23)13-15-11-17(31(35)36)1-5-21(15)33)3-4-20(26)24-28-8-10-30(24)14-16-12-18(32(37)38)2-6-22(16)34;/h1-2,5-12,19-20,33-34H,3-4,13-14H2;1H2/p+2. The molecule has 0 bridgehead atoms. The Morgan fingerprint density at radius 1 is 0.769 bits per heavy atom. The minimum absolute atomic E-state index is 0. The van der Waals surface area contributed by atoms with Gasteiger partial charge >= 0.3 is 0 Å². The van der Waals surface area contributed by atoms with E-state index in [1.807, 2.05) is 0 Å². The highest BCUT2D eigenvalue weighted by Gasteiger charge is 2.27. The third-order valence-corrected chi connectivity index (χ3v) is 6.94. The molecule has 0 aliphatic rings. The molecule has 0 saturated heterocycles. The number of nitrogens with zero attached hydrogens (tertiary/aromatic N) is 4. The number of aromatic nitrogens is 4. The predicted molar refractivity (Wildman–Crippen MR) is 140 cm³/mol. The van der Waals surface area contributed by atoms with Crippen molar-refractivity contribution in [1.29, 1.82) is 0 Å². The molecule has 4 rings (SSSR count). The number of halogens is 2. The Morgan fingerprint density at radius 2 is 1.15 bits per heavy atom. The van der Waals surface area contributed by atoms with Gasteiger partial charge in [-0.3, -0.25) is 20.2 Å². The normalized spacial score (nSPS) is 12.5. The highest BCUT2D eigenvalue weighted by molar-refractivity contribution is 6.21. The number of imidazole rings is 2. The third-order valence-electron chi connectivity index (χ3n) is 6.09. The van der Waals surface area contributed by atoms with Gasteiger partial charge in [0.2, 0.25) is 0 Å². The van der Waals surface area contributed by atoms with E-state index in [1.165, 1.54) is 36.4 Å². The molecule has 6 N–H and O–H groups in total. The lowest BCUT2D eigenvalue weighted by molar-refractivity contribution is -0.695. The Bertz CT molecular complexity index is 1370. The number of phenolic OH excluding ortho intramolecular Hbond substituents is 2. The molecule has 0 fully saturated rings. The van der Waals surface area contributed by atoms with Crippen molar-refractivity contribution in [3.8, 4) is 11.5 Å². The molecule has 2 heterocycles. The molecule has 0 radical (unpaired) electrons. The number of hydrogen-bond acceptors (Lipinski definition) is 6. The molecule has 13 nitrogen and oxygen atoms in total. The largest absolute Gasteiger partial charge is 0.508 e. The Labute approximate surface area is 231 Å². The lowest BCUT2D eigenvalue weighted by Gasteiger charge is -2.11. The molecule has 0 saturated carbocycles. The summed E-state index contributed by atoms with van der Waals surface area (Å²) in [5, 5.41) is 41.6. The molecule has 0 aliphatic heterocycles. The number of aromatic amines is 2. The van der Waals surface area contributed by atoms with E-state index >= 15 is 0 Å². The van der Waals surface area contributed by atoms with Crippen LogP contribution in [-0.4, -0.2) is 35.5 Å². The zero-order valence-electron chi connectivity index (χ0n) is 20.3. The van der Waals surface area contributed by atoms with Gasteiger partial charge in [-0.15, -0.1) is 23.2 Å². The minimum Gasteiger partial charge on any atom is -0.508 e. The number of nitro benzene ring substituents is 2. The lowest BCUT2D eigenvalue weighted by atomic mass is 10.1. The third kappa shape index (κ3) is 6.82. The summed E-state index contributed by atoms with van der Waals surface area (Å²) in [5.41, 5.74) is 0.503. The second kappa shape index (κ2) is 12.6. The van der Waals surface area contributed by atoms with Crippen molar-refractivity contribution in [3.63, 3.8) is 0 Å². The molecular formula is C24H26Cl2N6O7+2. The van der Waals surface area contributed by atoms with Gasteiger partial charge in [-0.2, -0.15) is 0 Å². The maximum Gasteiger partial charge on any atom is 0.272 e. The molecule has 0 aliphatic carbocycles. The quantitative estimate of drug-likeness (QED) is 0.0905. The Balaban J connectivity index is 0.00000420. The van der Waals surface area contributed by atoms with Crippen LogP contribution in [0.2, 0.25) is 0 Å². The highest BCUT2D eigenvalue weighted by atomic mass is 35.5. The number of rotatable bonds is 11. The zero-order valence-corrected chi connectivity index (χ0v) is 21.8. The van der Waals surface area contributed by atoms with Gasteiger partial charge < -0.3 is 15.7 Å². The number of non-ortho nitro benzene ring substituents is 2. The average Bonchev–Trinajstić information content (AvgIpc) is 3.54. The van der Waals surface area contributed by atoms with Crippen molar-refractivity contribution < 1.29 is 34.7 Å². The fraction of sp³-hybridized carbons (Fsp3) is 0.250. The Kier molecular flexibility index (Phi) is 9.46. The molecule has 15 heteroatoms. The summed E-state index contributed by atoms with van der Waals surface area (Å²) in [6.07, 6.45) is 7.73. The molecule has 2 unspecified atom stereocenters. The molecule has 206 valence electrons. The first-order valence-electron chi connectivity index (χ1n) is 11.5. The number of alkyl halides is 2. The van der Waals surface area contributed by atoms with Crippen LogP contribution in [0.15, 0.2) is 61.2 Å². The number of H-pyrrole nitrogens is 2. The smallest absolute Gasteiger partial charge is 0.272 e. The number of hydrogen-bond donors (Lipinski definition) is 4. The van der Waals surface area contributed by atoms with E-state index in [0.717, 1.165) is 0 Å². The fourth-order valence-electron chi connectivity index (χ4n) is 4.13. The molecule has 0 amide bonds. The van der Waals surface area contributed by atoms with Crippen LogP contribution >= 0.6 is 23.2 Å². The summed E-state index contributed by atoms with van der Waals surface area (Å²) in [6.45, 7) is 0.340. The summed E-state index contributed by atoms with van der Waals surface area (Å²) >= 11 is 13.4. The van der Waals surface area contributed by atoms with Crippen molar-refractivity contribution >= 4 is 34.6 Å². The van der Waals surface area contributed by atoms with Crippen LogP contribution in [0, 0.1) is 20.2 Å². The van der Waals surface area contributed by atoms with Crippen LogP contribution in [0.3, 0.4) is 0 Å². The zero-order chi connectivity index (χ0) is 27.4. The van der Waals surface area contributed by atoms with E-state index in [4.69, 9.17) is 23.2 Å². The van der Waals surface area contributed by atoms with Gasteiger partial charge in [0, 0.05) is 35.4 Å². The van der Waals surface area contributed by atoms with Crippen LogP contribution in [0.4, 0.5) is 11.4 Å². The molecule has 4 aromatic rings. The van der Waals surface area contributed by atoms with Gasteiger partial charge in [0.05, 0.1) is 9.85 Å². The number of aromatic hydroxyl groups is 2. The SMILES string of the molecule is O.O=[N+]([O-])c1ccc(O)c(C[n+]2cc[nH]c2C(Cl)CCC(Cl)c2[nH]cc[n+]2Cc2cc([N+](=O)[O-])ccc2O)c1. The average molecular weight is 581 g/mol. The molecule has 39 heavy (non-hydrogen) atoms. The predicted octanol–water partition coefficient (Wildman–Crippen LogP) is 3.46. The molecule has 2 aromatic carbocycles. The second-order valence-corrected chi connectivity index (χ2v) is 9.65. The van der Waals surface area contributed by atoms with Crippen LogP contribution in [0.1, 0.15) is 46.4 Å². The van der Waals surface area contributed by atoms with Crippen LogP contribution in [-0.2, 0) is 13.1 Å². The number of nitrogens with one attached hydrogen (secondary N) is 2. The number of phenols is 2. The number of nitro groups is 2. The summed E-state index contributed by atoms with van der Waals surface area (Å²) in [5.74, 6) is 1.16. The number of benzene rings is 2. The van der Waals surface area contributed by atoms with Gasteiger partial charge in [0.25, 0.3) is 23.0 Å². The van der Waals surface area contributed by atoms with E-state index in [0.29, 0.717) is 35.6 Å². The van der Waals surface area contributed by atoms with E-state index in [9.17, 15) is 30.4 Å². The highest BCUT2D eigenvalue weighted by Crippen LogP contribution is 2.31. The van der Waals surface area contributed by atoms with Gasteiger partial charge in [-0.05, 0) is 25.0 Å². The summed E-state index contributed by atoms with van der Waals surface area (Å²) in [6, 6.07) is 7.69. The maximum absolute atomic E-state index is 11.1. The first-order chi connectivity index (χ1) is 18.1. The van der Waals surface area contributed by atoms with Crippen LogP contribution in [0.25, 0.3) is 0 Å². The maximum atomic E-state index is 11.1. The first kappa shape index (κ1) is 29.4. The van der Waals surface area contributed by atoms with Gasteiger partial charge in [0.1, 0.15) is 60.1 Å². The molecule has 0 spiro atoms. The Hall–Kier alpha value is -4.20. The summed E-state index contributed by atoms with van der Waals surface area (Å²) in [4.78, 5) is 27.3. The van der Waals surface area contributed by atoms with Crippen LogP contribution < -0.4 is 9.13 Å². The van der Waals surface area contributed by atoms with Crippen molar-refractivity contribution in [2.24, 2.45) is 0 Å². The van der Waals surface area contributed by atoms with Gasteiger partial charge in [-0.1, -0.05) is 0 Å². The van der Waals surface area contributed by atoms with E-state index < -0.39 is 20.6 Å². The molecule has 2 aromatic heterocycles. The topological polar surface area (TPSA) is 198 Å². The van der Waals surface area contributed by atoms with Crippen molar-refractivity contribution in [3.05, 3.63) is 104 Å². The van der Waals surface area contributed by atoms with Crippen molar-refractivity contribution in [1.82, 2.24) is 9.97 Å². The first-order valence-corrected chi connectivity index (χ1v) is 12.4. The van der Waals surface area contributed by atoms with E-state index in [-0.39, 0.29) is 41.4 Å². The van der Waals surface area contributed by atoms with Crippen molar-refractivity contribution in [2.45, 2.75) is 36.7 Å². The summed E-state index contributed by atoms with van der Waals surface area (Å²) < 4.78 is 3.53. The van der Waals surface area contributed by atoms with Crippen LogP contribution in [0.5, 0.6) is 11.5 Å².